The Labute approximate surface area is 113 Å². The molecule has 6 nitrogen and oxygen atoms in total. The molecule has 1 fully saturated rings. The smallest absolute Gasteiger partial charge is 0.308 e. The summed E-state index contributed by atoms with van der Waals surface area (Å²) in [4.78, 5) is 24.5. The zero-order valence-corrected chi connectivity index (χ0v) is 12.4. The molecule has 7 heteroatoms. The van der Waals surface area contributed by atoms with Gasteiger partial charge in [-0.05, 0) is 12.8 Å². The van der Waals surface area contributed by atoms with Gasteiger partial charge >= 0.3 is 5.97 Å². The number of carbonyl (C=O) groups excluding carboxylic acids is 1. The van der Waals surface area contributed by atoms with Crippen LogP contribution >= 0.6 is 0 Å². The fraction of sp³-hybridized carbons (Fsp3) is 0.833. The van der Waals surface area contributed by atoms with E-state index in [1.807, 2.05) is 0 Å². The van der Waals surface area contributed by atoms with E-state index < -0.39 is 32.4 Å². The molecular weight excluding hydrogens is 270 g/mol. The number of carboxylic acids is 1. The molecule has 0 radical (unpaired) electrons. The lowest BCUT2D eigenvalue weighted by Gasteiger charge is -2.31. The minimum absolute atomic E-state index is 0.0193. The first kappa shape index (κ1) is 15.9. The third kappa shape index (κ3) is 3.08. The van der Waals surface area contributed by atoms with Gasteiger partial charge in [0.2, 0.25) is 5.91 Å². The molecule has 19 heavy (non-hydrogen) atoms. The lowest BCUT2D eigenvalue weighted by molar-refractivity contribution is -0.143. The zero-order chi connectivity index (χ0) is 14.8. The van der Waals surface area contributed by atoms with E-state index in [1.165, 1.54) is 18.9 Å². The molecule has 1 unspecified atom stereocenters. The number of nitrogens with zero attached hydrogens (tertiary/aromatic N) is 1. The third-order valence-corrected chi connectivity index (χ3v) is 5.83. The van der Waals surface area contributed by atoms with Crippen molar-refractivity contribution < 1.29 is 23.1 Å². The van der Waals surface area contributed by atoms with Crippen LogP contribution in [0.15, 0.2) is 0 Å². The predicted molar refractivity (Wildman–Crippen MR) is 70.5 cm³/mol. The average Bonchev–Trinajstić information content (AvgIpc) is 2.77. The second kappa shape index (κ2) is 5.48. The average molecular weight is 291 g/mol. The molecule has 110 valence electrons. The van der Waals surface area contributed by atoms with Crippen LogP contribution in [0.2, 0.25) is 0 Å². The predicted octanol–water partition coefficient (Wildman–Crippen LogP) is 0.523. The number of hydrogen-bond acceptors (Lipinski definition) is 4. The Hall–Kier alpha value is -1.11. The van der Waals surface area contributed by atoms with E-state index in [1.54, 1.807) is 0 Å². The Morgan fingerprint density at radius 1 is 1.32 bits per heavy atom. The van der Waals surface area contributed by atoms with Gasteiger partial charge in [0.1, 0.15) is 0 Å². The maximum absolute atomic E-state index is 12.4. The number of carboxylic acid groups (broad SMARTS) is 1. The summed E-state index contributed by atoms with van der Waals surface area (Å²) < 4.78 is 22.6. The molecule has 0 aromatic carbocycles. The van der Waals surface area contributed by atoms with Crippen LogP contribution in [-0.4, -0.2) is 54.9 Å². The van der Waals surface area contributed by atoms with Crippen LogP contribution in [0.1, 0.15) is 32.6 Å². The molecule has 0 aromatic heterocycles. The van der Waals surface area contributed by atoms with E-state index in [-0.39, 0.29) is 6.54 Å². The van der Waals surface area contributed by atoms with Crippen LogP contribution in [0.5, 0.6) is 0 Å². The van der Waals surface area contributed by atoms with Crippen molar-refractivity contribution in [2.75, 3.05) is 19.8 Å². The first-order chi connectivity index (χ1) is 8.62. The van der Waals surface area contributed by atoms with Crippen molar-refractivity contribution in [2.24, 2.45) is 5.92 Å². The Balaban J connectivity index is 2.93. The number of amides is 1. The summed E-state index contributed by atoms with van der Waals surface area (Å²) in [6, 6.07) is 0. The lowest BCUT2D eigenvalue weighted by Crippen LogP contribution is -2.52. The summed E-state index contributed by atoms with van der Waals surface area (Å²) in [5, 5.41) is 8.85. The molecule has 1 N–H and O–H groups in total. The number of rotatable bonds is 5. The van der Waals surface area contributed by atoms with Gasteiger partial charge in [-0.25, -0.2) is 8.42 Å². The quantitative estimate of drug-likeness (QED) is 0.797. The molecule has 1 atom stereocenters. The number of sulfone groups is 1. The summed E-state index contributed by atoms with van der Waals surface area (Å²) in [5.41, 5.74) is 0. The van der Waals surface area contributed by atoms with E-state index in [2.05, 4.69) is 0 Å². The van der Waals surface area contributed by atoms with E-state index in [0.717, 1.165) is 6.26 Å². The Kier molecular flexibility index (Phi) is 4.60. The third-order valence-electron chi connectivity index (χ3n) is 3.83. The maximum atomic E-state index is 12.4. The van der Waals surface area contributed by atoms with Crippen molar-refractivity contribution in [1.82, 2.24) is 4.90 Å². The summed E-state index contributed by atoms with van der Waals surface area (Å²) in [5.74, 6) is -2.19. The van der Waals surface area contributed by atoms with Crippen LogP contribution in [0.25, 0.3) is 0 Å². The highest BCUT2D eigenvalue weighted by Gasteiger charge is 2.51. The Morgan fingerprint density at radius 3 is 2.16 bits per heavy atom. The number of hydrogen-bond donors (Lipinski definition) is 1. The van der Waals surface area contributed by atoms with E-state index in [9.17, 15) is 18.0 Å². The molecule has 1 amide bonds. The molecule has 1 aliphatic carbocycles. The minimum Gasteiger partial charge on any atom is -0.481 e. The molecule has 0 bridgehead atoms. The first-order valence-corrected chi connectivity index (χ1v) is 8.19. The van der Waals surface area contributed by atoms with Gasteiger partial charge < -0.3 is 10.0 Å². The summed E-state index contributed by atoms with van der Waals surface area (Å²) in [6.45, 7) is 1.51. The lowest BCUT2D eigenvalue weighted by atomic mass is 10.0. The summed E-state index contributed by atoms with van der Waals surface area (Å²) in [7, 11) is -2.04. The largest absolute Gasteiger partial charge is 0.481 e. The van der Waals surface area contributed by atoms with Crippen molar-refractivity contribution >= 4 is 21.7 Å². The highest BCUT2D eigenvalue weighted by molar-refractivity contribution is 7.92. The van der Waals surface area contributed by atoms with Crippen LogP contribution in [-0.2, 0) is 19.4 Å². The van der Waals surface area contributed by atoms with E-state index in [4.69, 9.17) is 5.11 Å². The van der Waals surface area contributed by atoms with Gasteiger partial charge in [-0.3, -0.25) is 9.59 Å². The second-order valence-corrected chi connectivity index (χ2v) is 7.72. The first-order valence-electron chi connectivity index (χ1n) is 6.30. The van der Waals surface area contributed by atoms with Crippen molar-refractivity contribution in [3.8, 4) is 0 Å². The van der Waals surface area contributed by atoms with Crippen LogP contribution in [0.3, 0.4) is 0 Å². The highest BCUT2D eigenvalue weighted by atomic mass is 32.2. The highest BCUT2D eigenvalue weighted by Crippen LogP contribution is 2.38. The zero-order valence-electron chi connectivity index (χ0n) is 11.5. The molecular formula is C12H21NO5S. The molecule has 0 spiro atoms. The van der Waals surface area contributed by atoms with Crippen LogP contribution < -0.4 is 0 Å². The van der Waals surface area contributed by atoms with Gasteiger partial charge in [0.15, 0.2) is 14.6 Å². The topological polar surface area (TPSA) is 91.8 Å². The van der Waals surface area contributed by atoms with Gasteiger partial charge in [-0.2, -0.15) is 0 Å². The molecule has 0 heterocycles. The Morgan fingerprint density at radius 2 is 1.79 bits per heavy atom. The maximum Gasteiger partial charge on any atom is 0.308 e. The molecule has 1 rings (SSSR count). The molecule has 0 saturated heterocycles. The fourth-order valence-electron chi connectivity index (χ4n) is 2.61. The van der Waals surface area contributed by atoms with E-state index in [0.29, 0.717) is 25.7 Å². The monoisotopic (exact) mass is 291 g/mol. The van der Waals surface area contributed by atoms with Crippen molar-refractivity contribution in [1.29, 1.82) is 0 Å². The summed E-state index contributed by atoms with van der Waals surface area (Å²) in [6.07, 6.45) is 3.17. The molecule has 0 aliphatic heterocycles. The van der Waals surface area contributed by atoms with Crippen molar-refractivity contribution in [3.63, 3.8) is 0 Å². The van der Waals surface area contributed by atoms with Gasteiger partial charge in [0.05, 0.1) is 5.92 Å². The summed E-state index contributed by atoms with van der Waals surface area (Å²) >= 11 is 0. The normalized spacial score (nSPS) is 19.9. The van der Waals surface area contributed by atoms with Crippen molar-refractivity contribution in [3.05, 3.63) is 0 Å². The van der Waals surface area contributed by atoms with Crippen LogP contribution in [0, 0.1) is 5.92 Å². The molecule has 1 saturated carbocycles. The number of aliphatic carboxylic acids is 1. The standard InChI is InChI=1S/C12H21NO5S/c1-9(10(14)15)8-13(2)11(16)12(19(3,17)18)6-4-5-7-12/h9H,4-8H2,1-3H3,(H,14,15). The second-order valence-electron chi connectivity index (χ2n) is 5.40. The van der Waals surface area contributed by atoms with Crippen molar-refractivity contribution in [2.45, 2.75) is 37.4 Å². The van der Waals surface area contributed by atoms with E-state index >= 15 is 0 Å². The van der Waals surface area contributed by atoms with Crippen LogP contribution in [0.4, 0.5) is 0 Å². The van der Waals surface area contributed by atoms with Gasteiger partial charge in [0, 0.05) is 19.8 Å². The Bertz CT molecular complexity index is 465. The molecule has 0 aromatic rings. The van der Waals surface area contributed by atoms with Gasteiger partial charge in [-0.1, -0.05) is 19.8 Å². The van der Waals surface area contributed by atoms with Gasteiger partial charge in [-0.15, -0.1) is 0 Å². The fourth-order valence-corrected chi connectivity index (χ4v) is 4.11. The number of carbonyl (C=O) groups is 2. The van der Waals surface area contributed by atoms with Gasteiger partial charge in [0.25, 0.3) is 0 Å². The molecule has 1 aliphatic rings. The SMILES string of the molecule is CC(CN(C)C(=O)C1(S(C)(=O)=O)CCCC1)C(=O)O. The minimum atomic E-state index is -3.50.